The van der Waals surface area contributed by atoms with E-state index in [1.165, 1.54) is 0 Å². The van der Waals surface area contributed by atoms with Gasteiger partial charge in [-0.2, -0.15) is 0 Å². The minimum atomic E-state index is -0.416. The molecule has 1 saturated carbocycles. The minimum Gasteiger partial charge on any atom is -0.454 e. The number of benzene rings is 3. The summed E-state index contributed by atoms with van der Waals surface area (Å²) in [4.78, 5) is 27.2. The number of fused-ring (bicyclic) bond motifs is 1. The van der Waals surface area contributed by atoms with Gasteiger partial charge in [-0.1, -0.05) is 36.4 Å². The van der Waals surface area contributed by atoms with Crippen LogP contribution in [0, 0.1) is 6.92 Å². The average Bonchev–Trinajstić information content (AvgIpc) is 3.50. The first-order chi connectivity index (χ1) is 15.9. The Morgan fingerprint density at radius 1 is 0.909 bits per heavy atom. The molecular formula is C28H27NO4. The van der Waals surface area contributed by atoms with Gasteiger partial charge in [0, 0.05) is 26.1 Å². The van der Waals surface area contributed by atoms with E-state index in [-0.39, 0.29) is 18.5 Å². The van der Waals surface area contributed by atoms with Gasteiger partial charge in [-0.25, -0.2) is 0 Å². The van der Waals surface area contributed by atoms with Crippen LogP contribution in [0.1, 0.15) is 39.9 Å². The van der Waals surface area contributed by atoms with Crippen LogP contribution < -0.4 is 9.47 Å². The van der Waals surface area contributed by atoms with E-state index in [0.717, 1.165) is 52.2 Å². The van der Waals surface area contributed by atoms with Crippen molar-refractivity contribution in [2.45, 2.75) is 31.6 Å². The number of carbonyl (C=O) groups is 2. The Kier molecular flexibility index (Phi) is 5.20. The van der Waals surface area contributed by atoms with Crippen molar-refractivity contribution in [2.75, 3.05) is 20.9 Å². The van der Waals surface area contributed by atoms with E-state index in [9.17, 15) is 9.59 Å². The summed E-state index contributed by atoms with van der Waals surface area (Å²) in [5.74, 6) is 1.68. The molecule has 5 rings (SSSR count). The number of carbonyl (C=O) groups excluding carboxylic acids is 2. The van der Waals surface area contributed by atoms with Crippen LogP contribution in [0.25, 0.3) is 11.1 Å². The van der Waals surface area contributed by atoms with Crippen molar-refractivity contribution in [3.8, 4) is 22.6 Å². The SMILES string of the molecule is Cc1ccc(CC(=O)C2(c3ccc4c(c3)OCO4)CC2)cc1-c1ccc(C(=O)N(C)C)cc1. The van der Waals surface area contributed by atoms with E-state index >= 15 is 0 Å². The molecule has 0 saturated heterocycles. The lowest BCUT2D eigenvalue weighted by molar-refractivity contribution is -0.120. The summed E-state index contributed by atoms with van der Waals surface area (Å²) >= 11 is 0. The lowest BCUT2D eigenvalue weighted by Crippen LogP contribution is -2.22. The average molecular weight is 442 g/mol. The molecule has 0 unspecified atom stereocenters. The van der Waals surface area contributed by atoms with Gasteiger partial charge in [0.25, 0.3) is 5.91 Å². The molecule has 5 heteroatoms. The van der Waals surface area contributed by atoms with Crippen LogP contribution in [0.2, 0.25) is 0 Å². The van der Waals surface area contributed by atoms with Crippen molar-refractivity contribution < 1.29 is 19.1 Å². The third-order valence-corrected chi connectivity index (χ3v) is 6.72. The number of nitrogens with zero attached hydrogens (tertiary/aromatic N) is 1. The van der Waals surface area contributed by atoms with Crippen molar-refractivity contribution in [2.24, 2.45) is 0 Å². The van der Waals surface area contributed by atoms with Gasteiger partial charge in [0.1, 0.15) is 5.78 Å². The first-order valence-corrected chi connectivity index (χ1v) is 11.2. The monoisotopic (exact) mass is 441 g/mol. The zero-order valence-corrected chi connectivity index (χ0v) is 19.2. The van der Waals surface area contributed by atoms with Crippen LogP contribution in [0.3, 0.4) is 0 Å². The quantitative estimate of drug-likeness (QED) is 0.544. The Morgan fingerprint density at radius 3 is 2.33 bits per heavy atom. The lowest BCUT2D eigenvalue weighted by Gasteiger charge is -2.16. The molecule has 1 aliphatic heterocycles. The number of ketones is 1. The summed E-state index contributed by atoms with van der Waals surface area (Å²) < 4.78 is 10.9. The summed E-state index contributed by atoms with van der Waals surface area (Å²) in [6, 6.07) is 19.7. The standard InChI is InChI=1S/C28H27NO4/c1-18-4-5-19(14-23(18)20-6-8-21(9-7-20)27(31)29(2)3)15-26(30)28(12-13-28)22-10-11-24-25(16-22)33-17-32-24/h4-11,14,16H,12-13,15,17H2,1-3H3. The number of hydrogen-bond acceptors (Lipinski definition) is 4. The highest BCUT2D eigenvalue weighted by atomic mass is 16.7. The van der Waals surface area contributed by atoms with Crippen molar-refractivity contribution in [1.29, 1.82) is 0 Å². The largest absolute Gasteiger partial charge is 0.454 e. The molecule has 1 fully saturated rings. The van der Waals surface area contributed by atoms with Gasteiger partial charge < -0.3 is 14.4 Å². The van der Waals surface area contributed by atoms with Gasteiger partial charge in [-0.15, -0.1) is 0 Å². The molecule has 0 spiro atoms. The molecule has 0 N–H and O–H groups in total. The second kappa shape index (κ2) is 8.07. The van der Waals surface area contributed by atoms with E-state index in [4.69, 9.17) is 9.47 Å². The van der Waals surface area contributed by atoms with Gasteiger partial charge in [0.05, 0.1) is 5.41 Å². The smallest absolute Gasteiger partial charge is 0.253 e. The molecule has 2 aliphatic rings. The van der Waals surface area contributed by atoms with E-state index in [1.54, 1.807) is 19.0 Å². The van der Waals surface area contributed by atoms with Gasteiger partial charge in [-0.05, 0) is 71.8 Å². The molecule has 1 aliphatic carbocycles. The zero-order chi connectivity index (χ0) is 23.2. The molecule has 168 valence electrons. The van der Waals surface area contributed by atoms with Crippen molar-refractivity contribution in [3.05, 3.63) is 82.9 Å². The summed E-state index contributed by atoms with van der Waals surface area (Å²) in [5.41, 5.74) is 5.51. The third kappa shape index (κ3) is 3.88. The number of ether oxygens (including phenoxy) is 2. The highest BCUT2D eigenvalue weighted by Crippen LogP contribution is 2.51. The first-order valence-electron chi connectivity index (χ1n) is 11.2. The molecule has 0 aromatic heterocycles. The number of amides is 1. The number of aryl methyl sites for hydroxylation is 1. The van der Waals surface area contributed by atoms with E-state index in [2.05, 4.69) is 19.1 Å². The fourth-order valence-electron chi connectivity index (χ4n) is 4.54. The van der Waals surface area contributed by atoms with E-state index in [1.807, 2.05) is 48.5 Å². The van der Waals surface area contributed by atoms with Crippen LogP contribution in [0.4, 0.5) is 0 Å². The zero-order valence-electron chi connectivity index (χ0n) is 19.2. The highest BCUT2D eigenvalue weighted by molar-refractivity contribution is 5.95. The van der Waals surface area contributed by atoms with Crippen LogP contribution in [-0.4, -0.2) is 37.5 Å². The molecule has 3 aromatic rings. The second-order valence-corrected chi connectivity index (χ2v) is 9.18. The molecule has 1 heterocycles. The Hall–Kier alpha value is -3.60. The van der Waals surface area contributed by atoms with Crippen LogP contribution in [0.15, 0.2) is 60.7 Å². The number of rotatable bonds is 6. The number of hydrogen-bond donors (Lipinski definition) is 0. The van der Waals surface area contributed by atoms with E-state index < -0.39 is 5.41 Å². The van der Waals surface area contributed by atoms with Gasteiger partial charge in [-0.3, -0.25) is 9.59 Å². The molecule has 1 amide bonds. The maximum Gasteiger partial charge on any atom is 0.253 e. The van der Waals surface area contributed by atoms with Crippen LogP contribution in [0.5, 0.6) is 11.5 Å². The first kappa shape index (κ1) is 21.3. The molecule has 0 bridgehead atoms. The third-order valence-electron chi connectivity index (χ3n) is 6.72. The summed E-state index contributed by atoms with van der Waals surface area (Å²) in [5, 5.41) is 0. The fourth-order valence-corrected chi connectivity index (χ4v) is 4.54. The highest BCUT2D eigenvalue weighted by Gasteiger charge is 2.50. The Balaban J connectivity index is 1.37. The molecular weight excluding hydrogens is 414 g/mol. The Labute approximate surface area is 193 Å². The summed E-state index contributed by atoms with van der Waals surface area (Å²) in [6.45, 7) is 2.30. The van der Waals surface area contributed by atoms with Gasteiger partial charge in [0.15, 0.2) is 11.5 Å². The molecule has 3 aromatic carbocycles. The minimum absolute atomic E-state index is 0.0177. The molecule has 5 nitrogen and oxygen atoms in total. The second-order valence-electron chi connectivity index (χ2n) is 9.18. The van der Waals surface area contributed by atoms with Crippen molar-refractivity contribution in [1.82, 2.24) is 4.90 Å². The number of Topliss-reactive ketones (excluding diaryl/α,β-unsaturated/α-hetero) is 1. The van der Waals surface area contributed by atoms with Crippen LogP contribution in [-0.2, 0) is 16.6 Å². The topological polar surface area (TPSA) is 55.8 Å². The van der Waals surface area contributed by atoms with Gasteiger partial charge >= 0.3 is 0 Å². The molecule has 0 atom stereocenters. The predicted octanol–water partition coefficient (Wildman–Crippen LogP) is 4.94. The Morgan fingerprint density at radius 2 is 1.64 bits per heavy atom. The fraction of sp³-hybridized carbons (Fsp3) is 0.286. The maximum atomic E-state index is 13.4. The molecule has 0 radical (unpaired) electrons. The summed E-state index contributed by atoms with van der Waals surface area (Å²) in [7, 11) is 3.49. The van der Waals surface area contributed by atoms with Crippen molar-refractivity contribution in [3.63, 3.8) is 0 Å². The van der Waals surface area contributed by atoms with Crippen molar-refractivity contribution >= 4 is 11.7 Å². The predicted molar refractivity (Wildman–Crippen MR) is 127 cm³/mol. The Bertz CT molecular complexity index is 1240. The van der Waals surface area contributed by atoms with Gasteiger partial charge in [0.2, 0.25) is 6.79 Å². The maximum absolute atomic E-state index is 13.4. The molecule has 33 heavy (non-hydrogen) atoms. The summed E-state index contributed by atoms with van der Waals surface area (Å²) in [6.07, 6.45) is 2.12. The van der Waals surface area contributed by atoms with Crippen LogP contribution >= 0.6 is 0 Å². The lowest BCUT2D eigenvalue weighted by atomic mass is 9.87. The normalized spacial score (nSPS) is 15.2. The van der Waals surface area contributed by atoms with E-state index in [0.29, 0.717) is 12.0 Å².